The van der Waals surface area contributed by atoms with Crippen LogP contribution < -0.4 is 5.56 Å². The van der Waals surface area contributed by atoms with Gasteiger partial charge < -0.3 is 4.90 Å². The zero-order chi connectivity index (χ0) is 18.1. The Morgan fingerprint density at radius 2 is 1.69 bits per heavy atom. The Hall–Kier alpha value is -2.53. The van der Waals surface area contributed by atoms with Crippen LogP contribution in [0.5, 0.6) is 0 Å². The number of nitrogens with zero attached hydrogens (tertiary/aromatic N) is 3. The van der Waals surface area contributed by atoms with Crippen LogP contribution in [0.3, 0.4) is 0 Å². The fourth-order valence-electron chi connectivity index (χ4n) is 3.69. The molecule has 4 rings (SSSR count). The van der Waals surface area contributed by atoms with E-state index in [1.54, 1.807) is 16.8 Å². The van der Waals surface area contributed by atoms with Gasteiger partial charge in [-0.1, -0.05) is 30.3 Å². The van der Waals surface area contributed by atoms with Crippen LogP contribution in [0, 0.1) is 5.82 Å². The van der Waals surface area contributed by atoms with Crippen LogP contribution >= 0.6 is 0 Å². The summed E-state index contributed by atoms with van der Waals surface area (Å²) in [7, 11) is 2.10. The molecule has 1 aliphatic heterocycles. The molecule has 134 valence electrons. The molecule has 2 aromatic carbocycles. The van der Waals surface area contributed by atoms with Gasteiger partial charge >= 0.3 is 0 Å². The Balaban J connectivity index is 1.79. The van der Waals surface area contributed by atoms with E-state index in [-0.39, 0.29) is 17.4 Å². The minimum atomic E-state index is -0.247. The smallest absolute Gasteiger partial charge is 0.274 e. The van der Waals surface area contributed by atoms with Gasteiger partial charge in [0.1, 0.15) is 5.82 Å². The predicted octanol–water partition coefficient (Wildman–Crippen LogP) is 3.39. The summed E-state index contributed by atoms with van der Waals surface area (Å²) >= 11 is 0. The van der Waals surface area contributed by atoms with Crippen molar-refractivity contribution >= 4 is 10.8 Å². The summed E-state index contributed by atoms with van der Waals surface area (Å²) < 4.78 is 14.9. The van der Waals surface area contributed by atoms with Crippen molar-refractivity contribution in [3.05, 3.63) is 76.0 Å². The first kappa shape index (κ1) is 16.9. The van der Waals surface area contributed by atoms with Crippen molar-refractivity contribution in [1.29, 1.82) is 0 Å². The van der Waals surface area contributed by atoms with Gasteiger partial charge in [0.15, 0.2) is 0 Å². The number of piperidine rings is 1. The summed E-state index contributed by atoms with van der Waals surface area (Å²) in [6, 6.07) is 14.3. The van der Waals surface area contributed by atoms with Gasteiger partial charge in [-0.2, -0.15) is 5.10 Å². The van der Waals surface area contributed by atoms with E-state index in [1.165, 1.54) is 12.1 Å². The summed E-state index contributed by atoms with van der Waals surface area (Å²) in [5.74, 6) is -0.247. The zero-order valence-corrected chi connectivity index (χ0v) is 14.9. The number of rotatable bonds is 3. The molecule has 1 aliphatic rings. The molecule has 0 saturated carbocycles. The largest absolute Gasteiger partial charge is 0.306 e. The van der Waals surface area contributed by atoms with Gasteiger partial charge in [0.25, 0.3) is 5.56 Å². The second-order valence-corrected chi connectivity index (χ2v) is 7.08. The predicted molar refractivity (Wildman–Crippen MR) is 101 cm³/mol. The topological polar surface area (TPSA) is 38.1 Å². The van der Waals surface area contributed by atoms with E-state index < -0.39 is 0 Å². The van der Waals surface area contributed by atoms with Gasteiger partial charge in [0.05, 0.1) is 17.1 Å². The standard InChI is InChI=1S/C21H22FN3O/c1-24-12-10-17(11-13-24)25-21(26)19-5-3-2-4-18(19)20(23-25)14-15-6-8-16(22)9-7-15/h2-9,17H,10-14H2,1H3. The molecule has 0 atom stereocenters. The van der Waals surface area contributed by atoms with Crippen LogP contribution in [0.15, 0.2) is 53.3 Å². The van der Waals surface area contributed by atoms with E-state index in [0.29, 0.717) is 11.8 Å². The second kappa shape index (κ2) is 7.00. The van der Waals surface area contributed by atoms with Crippen LogP contribution in [0.1, 0.15) is 30.1 Å². The molecule has 2 heterocycles. The van der Waals surface area contributed by atoms with Crippen molar-refractivity contribution in [3.8, 4) is 0 Å². The van der Waals surface area contributed by atoms with E-state index in [4.69, 9.17) is 5.10 Å². The first-order valence-corrected chi connectivity index (χ1v) is 9.05. The van der Waals surface area contributed by atoms with Gasteiger partial charge in [0, 0.05) is 11.8 Å². The molecule has 1 aromatic heterocycles. The fourth-order valence-corrected chi connectivity index (χ4v) is 3.69. The van der Waals surface area contributed by atoms with Crippen LogP contribution in [0.4, 0.5) is 4.39 Å². The van der Waals surface area contributed by atoms with E-state index in [1.807, 2.05) is 24.3 Å². The summed E-state index contributed by atoms with van der Waals surface area (Å²) in [6.45, 7) is 1.94. The number of aromatic nitrogens is 2. The lowest BCUT2D eigenvalue weighted by molar-refractivity contribution is 0.208. The lowest BCUT2D eigenvalue weighted by Crippen LogP contribution is -2.37. The highest BCUT2D eigenvalue weighted by Crippen LogP contribution is 2.23. The normalized spacial score (nSPS) is 16.2. The van der Waals surface area contributed by atoms with Gasteiger partial charge in [-0.15, -0.1) is 0 Å². The minimum Gasteiger partial charge on any atom is -0.306 e. The molecule has 5 heteroatoms. The summed E-state index contributed by atoms with van der Waals surface area (Å²) in [4.78, 5) is 15.3. The molecule has 0 radical (unpaired) electrons. The van der Waals surface area contributed by atoms with Gasteiger partial charge in [-0.25, -0.2) is 9.07 Å². The molecule has 0 spiro atoms. The molecule has 1 fully saturated rings. The minimum absolute atomic E-state index is 0.0157. The maximum Gasteiger partial charge on any atom is 0.274 e. The second-order valence-electron chi connectivity index (χ2n) is 7.08. The molecule has 3 aromatic rings. The zero-order valence-electron chi connectivity index (χ0n) is 14.9. The number of hydrogen-bond acceptors (Lipinski definition) is 3. The average molecular weight is 351 g/mol. The highest BCUT2D eigenvalue weighted by Gasteiger charge is 2.22. The van der Waals surface area contributed by atoms with Crippen LogP contribution in [0.25, 0.3) is 10.8 Å². The van der Waals surface area contributed by atoms with Crippen molar-refractivity contribution in [2.75, 3.05) is 20.1 Å². The van der Waals surface area contributed by atoms with Crippen molar-refractivity contribution in [2.45, 2.75) is 25.3 Å². The lowest BCUT2D eigenvalue weighted by atomic mass is 10.0. The van der Waals surface area contributed by atoms with Crippen molar-refractivity contribution in [2.24, 2.45) is 0 Å². The molecule has 26 heavy (non-hydrogen) atoms. The summed E-state index contributed by atoms with van der Waals surface area (Å²) in [6.07, 6.45) is 2.43. The molecular formula is C21H22FN3O. The number of likely N-dealkylation sites (tertiary alicyclic amines) is 1. The van der Waals surface area contributed by atoms with Gasteiger partial charge in [0.2, 0.25) is 0 Å². The van der Waals surface area contributed by atoms with Crippen LogP contribution in [-0.4, -0.2) is 34.8 Å². The third kappa shape index (κ3) is 3.27. The number of hydrogen-bond donors (Lipinski definition) is 0. The Bertz CT molecular complexity index is 973. The van der Waals surface area contributed by atoms with Crippen LogP contribution in [-0.2, 0) is 6.42 Å². The number of fused-ring (bicyclic) bond motifs is 1. The van der Waals surface area contributed by atoms with Crippen molar-refractivity contribution < 1.29 is 4.39 Å². The molecule has 4 nitrogen and oxygen atoms in total. The van der Waals surface area contributed by atoms with Crippen molar-refractivity contribution in [3.63, 3.8) is 0 Å². The summed E-state index contributed by atoms with van der Waals surface area (Å²) in [5.41, 5.74) is 1.83. The monoisotopic (exact) mass is 351 g/mol. The first-order valence-electron chi connectivity index (χ1n) is 9.05. The SMILES string of the molecule is CN1CCC(n2nc(Cc3ccc(F)cc3)c3ccccc3c2=O)CC1. The Labute approximate surface area is 151 Å². The van der Waals surface area contributed by atoms with E-state index in [2.05, 4.69) is 11.9 Å². The highest BCUT2D eigenvalue weighted by molar-refractivity contribution is 5.83. The van der Waals surface area contributed by atoms with Crippen LogP contribution in [0.2, 0.25) is 0 Å². The summed E-state index contributed by atoms with van der Waals surface area (Å²) in [5, 5.41) is 6.35. The molecule has 0 aliphatic carbocycles. The molecule has 0 bridgehead atoms. The van der Waals surface area contributed by atoms with Crippen molar-refractivity contribution in [1.82, 2.24) is 14.7 Å². The Morgan fingerprint density at radius 3 is 2.38 bits per heavy atom. The van der Waals surface area contributed by atoms with E-state index in [0.717, 1.165) is 42.6 Å². The molecular weight excluding hydrogens is 329 g/mol. The van der Waals surface area contributed by atoms with Gasteiger partial charge in [-0.05, 0) is 56.7 Å². The number of benzene rings is 2. The third-order valence-electron chi connectivity index (χ3n) is 5.22. The third-order valence-corrected chi connectivity index (χ3v) is 5.22. The highest BCUT2D eigenvalue weighted by atomic mass is 19.1. The molecule has 0 amide bonds. The first-order chi connectivity index (χ1) is 12.6. The van der Waals surface area contributed by atoms with E-state index >= 15 is 0 Å². The molecule has 0 unspecified atom stereocenters. The average Bonchev–Trinajstić information content (AvgIpc) is 2.67. The Kier molecular flexibility index (Phi) is 4.55. The fraction of sp³-hybridized carbons (Fsp3) is 0.333. The number of halogens is 1. The van der Waals surface area contributed by atoms with Gasteiger partial charge in [-0.3, -0.25) is 4.79 Å². The lowest BCUT2D eigenvalue weighted by Gasteiger charge is -2.29. The van der Waals surface area contributed by atoms with E-state index in [9.17, 15) is 9.18 Å². The maximum absolute atomic E-state index is 13.2. The molecule has 0 N–H and O–H groups in total. The maximum atomic E-state index is 13.2. The Morgan fingerprint density at radius 1 is 1.04 bits per heavy atom. The molecule has 1 saturated heterocycles. The quantitative estimate of drug-likeness (QED) is 0.726.